The Labute approximate surface area is 71.3 Å². The minimum atomic E-state index is 0.906. The van der Waals surface area contributed by atoms with Crippen LogP contribution in [0.4, 0.5) is 0 Å². The topological polar surface area (TPSA) is 3.24 Å². The molecule has 0 atom stereocenters. The van der Waals surface area contributed by atoms with Gasteiger partial charge in [-0.25, -0.2) is 0 Å². The molecule has 1 aliphatic heterocycles. The molecule has 0 unspecified atom stereocenters. The second kappa shape index (κ2) is 4.81. The third-order valence-corrected chi connectivity index (χ3v) is 2.73. The minimum Gasteiger partial charge on any atom is -0.342 e. The average molecular weight is 153 g/mol. The van der Waals surface area contributed by atoms with Crippen molar-refractivity contribution in [2.45, 2.75) is 45.8 Å². The summed E-state index contributed by atoms with van der Waals surface area (Å²) < 4.78 is 0. The average Bonchev–Trinajstić information content (AvgIpc) is 2.06. The summed E-state index contributed by atoms with van der Waals surface area (Å²) in [6, 6.07) is 0. The van der Waals surface area contributed by atoms with E-state index in [4.69, 9.17) is 0 Å². The molecule has 0 aromatic heterocycles. The van der Waals surface area contributed by atoms with E-state index in [0.717, 1.165) is 6.85 Å². The van der Waals surface area contributed by atoms with Crippen LogP contribution in [0.1, 0.15) is 33.1 Å². The van der Waals surface area contributed by atoms with Crippen molar-refractivity contribution in [1.29, 1.82) is 0 Å². The van der Waals surface area contributed by atoms with Gasteiger partial charge in [0.2, 0.25) is 6.85 Å². The van der Waals surface area contributed by atoms with Crippen LogP contribution in [0, 0.1) is 0 Å². The third kappa shape index (κ3) is 2.51. The van der Waals surface area contributed by atoms with Crippen molar-refractivity contribution in [3.8, 4) is 0 Å². The van der Waals surface area contributed by atoms with Gasteiger partial charge in [-0.05, 0) is 25.9 Å². The normalized spacial score (nSPS) is 20.7. The van der Waals surface area contributed by atoms with Gasteiger partial charge in [0.25, 0.3) is 0 Å². The van der Waals surface area contributed by atoms with Crippen LogP contribution in [0.2, 0.25) is 12.6 Å². The zero-order valence-electron chi connectivity index (χ0n) is 7.97. The van der Waals surface area contributed by atoms with Crippen LogP contribution in [0.3, 0.4) is 0 Å². The summed E-state index contributed by atoms with van der Waals surface area (Å²) in [7, 11) is 0. The highest BCUT2D eigenvalue weighted by atomic mass is 15.1. The first-order valence-electron chi connectivity index (χ1n) is 5.12. The Bertz CT molecular complexity index is 104. The number of hydrogen-bond donors (Lipinski definition) is 0. The summed E-state index contributed by atoms with van der Waals surface area (Å²) >= 11 is 0. The molecule has 0 bridgehead atoms. The van der Waals surface area contributed by atoms with E-state index in [-0.39, 0.29) is 0 Å². The molecule has 1 fully saturated rings. The fourth-order valence-electron chi connectivity index (χ4n) is 2.10. The lowest BCUT2D eigenvalue weighted by atomic mass is 9.52. The first-order valence-corrected chi connectivity index (χ1v) is 5.12. The maximum absolute atomic E-state index is 2.67. The Kier molecular flexibility index (Phi) is 3.99. The highest BCUT2D eigenvalue weighted by Crippen LogP contribution is 2.17. The Hall–Kier alpha value is 0.0249. The van der Waals surface area contributed by atoms with E-state index in [0.29, 0.717) is 0 Å². The molecule has 11 heavy (non-hydrogen) atoms. The van der Waals surface area contributed by atoms with Gasteiger partial charge < -0.3 is 4.81 Å². The van der Waals surface area contributed by atoms with E-state index >= 15 is 0 Å². The number of hydrogen-bond acceptors (Lipinski definition) is 1. The van der Waals surface area contributed by atoms with Gasteiger partial charge in [0, 0.05) is 0 Å². The Morgan fingerprint density at radius 2 is 2.09 bits per heavy atom. The summed E-state index contributed by atoms with van der Waals surface area (Å²) in [5, 5.41) is 0. The van der Waals surface area contributed by atoms with Crippen molar-refractivity contribution in [3.63, 3.8) is 0 Å². The zero-order valence-corrected chi connectivity index (χ0v) is 7.97. The van der Waals surface area contributed by atoms with Crippen molar-refractivity contribution >= 4 is 6.85 Å². The summed E-state index contributed by atoms with van der Waals surface area (Å²) in [5.41, 5.74) is 0. The third-order valence-electron chi connectivity index (χ3n) is 2.73. The van der Waals surface area contributed by atoms with Crippen molar-refractivity contribution < 1.29 is 0 Å². The smallest absolute Gasteiger partial charge is 0.222 e. The van der Waals surface area contributed by atoms with Gasteiger partial charge in [-0.2, -0.15) is 0 Å². The summed E-state index contributed by atoms with van der Waals surface area (Å²) in [6.07, 6.45) is 6.99. The molecule has 1 nitrogen and oxygen atoms in total. The molecule has 0 N–H and O–H groups in total. The fraction of sp³-hybridized carbons (Fsp3) is 1.00. The van der Waals surface area contributed by atoms with E-state index in [1.807, 2.05) is 0 Å². The van der Waals surface area contributed by atoms with Crippen LogP contribution in [-0.4, -0.2) is 24.7 Å². The second-order valence-corrected chi connectivity index (χ2v) is 3.59. The molecule has 2 heteroatoms. The molecule has 1 heterocycles. The van der Waals surface area contributed by atoms with Crippen molar-refractivity contribution in [1.82, 2.24) is 4.81 Å². The minimum absolute atomic E-state index is 0.906. The van der Waals surface area contributed by atoms with Gasteiger partial charge in [-0.1, -0.05) is 32.9 Å². The second-order valence-electron chi connectivity index (χ2n) is 3.59. The quantitative estimate of drug-likeness (QED) is 0.563. The van der Waals surface area contributed by atoms with Crippen molar-refractivity contribution in [2.24, 2.45) is 0 Å². The Morgan fingerprint density at radius 3 is 2.73 bits per heavy atom. The van der Waals surface area contributed by atoms with Crippen LogP contribution < -0.4 is 0 Å². The summed E-state index contributed by atoms with van der Waals surface area (Å²) in [5.74, 6) is 0. The van der Waals surface area contributed by atoms with Gasteiger partial charge >= 0.3 is 0 Å². The van der Waals surface area contributed by atoms with Crippen LogP contribution >= 0.6 is 0 Å². The molecular formula is C9H20BN. The molecule has 64 valence electrons. The highest BCUT2D eigenvalue weighted by Gasteiger charge is 2.22. The van der Waals surface area contributed by atoms with Crippen LogP contribution in [0.15, 0.2) is 0 Å². The molecule has 0 radical (unpaired) electrons. The molecule has 0 spiro atoms. The highest BCUT2D eigenvalue weighted by molar-refractivity contribution is 6.55. The van der Waals surface area contributed by atoms with Gasteiger partial charge in [-0.3, -0.25) is 0 Å². The molecule has 0 aromatic carbocycles. The molecule has 1 rings (SSSR count). The fourth-order valence-corrected chi connectivity index (χ4v) is 2.10. The first-order chi connectivity index (χ1) is 5.38. The lowest BCUT2D eigenvalue weighted by Crippen LogP contribution is -2.42. The van der Waals surface area contributed by atoms with Crippen LogP contribution in [0.5, 0.6) is 0 Å². The predicted octanol–water partition coefficient (Wildman–Crippen LogP) is 2.50. The summed E-state index contributed by atoms with van der Waals surface area (Å²) in [4.78, 5) is 2.67. The van der Waals surface area contributed by atoms with E-state index < -0.39 is 0 Å². The molecule has 1 aliphatic rings. The number of rotatable bonds is 3. The van der Waals surface area contributed by atoms with E-state index in [9.17, 15) is 0 Å². The van der Waals surface area contributed by atoms with Crippen LogP contribution in [0.25, 0.3) is 0 Å². The Balaban J connectivity index is 2.31. The van der Waals surface area contributed by atoms with Crippen molar-refractivity contribution in [3.05, 3.63) is 0 Å². The SMILES string of the molecule is CCCN1CCCCB1CC. The largest absolute Gasteiger partial charge is 0.342 e. The van der Waals surface area contributed by atoms with E-state index in [1.54, 1.807) is 0 Å². The lowest BCUT2D eigenvalue weighted by molar-refractivity contribution is 0.393. The molecule has 1 saturated heterocycles. The summed E-state index contributed by atoms with van der Waals surface area (Å²) in [6.45, 7) is 8.17. The van der Waals surface area contributed by atoms with Crippen molar-refractivity contribution in [2.75, 3.05) is 13.1 Å². The molecular weight excluding hydrogens is 133 g/mol. The van der Waals surface area contributed by atoms with Gasteiger partial charge in [-0.15, -0.1) is 0 Å². The molecule has 0 saturated carbocycles. The maximum Gasteiger partial charge on any atom is 0.222 e. The monoisotopic (exact) mass is 153 g/mol. The standard InChI is InChI=1S/C9H20BN/c1-3-8-11-9-6-5-7-10(11)4-2/h3-9H2,1-2H3. The zero-order chi connectivity index (χ0) is 8.10. The van der Waals surface area contributed by atoms with Gasteiger partial charge in [0.1, 0.15) is 0 Å². The Morgan fingerprint density at radius 1 is 1.27 bits per heavy atom. The van der Waals surface area contributed by atoms with Gasteiger partial charge in [0.05, 0.1) is 0 Å². The van der Waals surface area contributed by atoms with E-state index in [1.165, 1.54) is 45.0 Å². The molecule has 0 aliphatic carbocycles. The van der Waals surface area contributed by atoms with Gasteiger partial charge in [0.15, 0.2) is 0 Å². The predicted molar refractivity (Wildman–Crippen MR) is 52.1 cm³/mol. The molecule has 0 amide bonds. The lowest BCUT2D eigenvalue weighted by Gasteiger charge is -2.32. The van der Waals surface area contributed by atoms with Crippen LogP contribution in [-0.2, 0) is 0 Å². The van der Waals surface area contributed by atoms with E-state index in [2.05, 4.69) is 18.7 Å². The first kappa shape index (κ1) is 9.12. The maximum atomic E-state index is 2.67. The number of nitrogens with zero attached hydrogens (tertiary/aromatic N) is 1. The molecule has 0 aromatic rings.